The first-order valence-corrected chi connectivity index (χ1v) is 24.6. The normalized spacial score (nSPS) is 21.8. The summed E-state index contributed by atoms with van der Waals surface area (Å²) in [6.45, 7) is 10.1. The van der Waals surface area contributed by atoms with E-state index in [2.05, 4.69) is 12.7 Å². The molecule has 376 valence electrons. The van der Waals surface area contributed by atoms with Gasteiger partial charge in [0.05, 0.1) is 34.1 Å². The van der Waals surface area contributed by atoms with Crippen LogP contribution in [0.15, 0.2) is 145 Å². The number of ether oxygens (including phenoxy) is 3. The highest BCUT2D eigenvalue weighted by Crippen LogP contribution is 2.62. The molecule has 6 unspecified atom stereocenters. The molecule has 1 saturated carbocycles. The topological polar surface area (TPSA) is 196 Å². The fraction of sp³-hybridized carbons (Fsp3) is 0.368. The Hall–Kier alpha value is -7.20. The number of fused-ring (bicyclic) bond motifs is 3. The third kappa shape index (κ3) is 11.3. The minimum absolute atomic E-state index is 0.0199. The van der Waals surface area contributed by atoms with Crippen LogP contribution in [0.3, 0.4) is 0 Å². The third-order valence-electron chi connectivity index (χ3n) is 13.7. The van der Waals surface area contributed by atoms with Crippen LogP contribution in [0.5, 0.6) is 17.2 Å². The number of oxime groups is 1. The van der Waals surface area contributed by atoms with Gasteiger partial charge in [-0.3, -0.25) is 25.0 Å². The highest BCUT2D eigenvalue weighted by molar-refractivity contribution is 6.03. The second kappa shape index (κ2) is 22.5. The number of hydrogen-bond acceptors (Lipinski definition) is 12. The summed E-state index contributed by atoms with van der Waals surface area (Å²) in [5.74, 6) is -1.87. The molecule has 0 spiro atoms. The van der Waals surface area contributed by atoms with Gasteiger partial charge in [-0.05, 0) is 128 Å². The molecule has 2 N–H and O–H groups in total. The number of unbranched alkanes of at least 4 members (excludes halogenated alkanes) is 2. The molecule has 1 aliphatic heterocycles. The molecule has 5 aromatic carbocycles. The van der Waals surface area contributed by atoms with E-state index >= 15 is 4.79 Å². The van der Waals surface area contributed by atoms with E-state index in [4.69, 9.17) is 24.2 Å². The van der Waals surface area contributed by atoms with Crippen LogP contribution in [0, 0.1) is 38.0 Å². The molecule has 5 aromatic rings. The first kappa shape index (κ1) is 51.2. The smallest absolute Gasteiger partial charge is 0.273 e. The number of carbonyl (C=O) groups is 1. The number of nitro benzene ring substituents is 2. The van der Waals surface area contributed by atoms with Gasteiger partial charge in [-0.15, -0.1) is 6.58 Å². The number of nitro groups is 2. The van der Waals surface area contributed by atoms with Crippen molar-refractivity contribution < 1.29 is 43.9 Å². The Morgan fingerprint density at radius 1 is 0.875 bits per heavy atom. The molecule has 1 fully saturated rings. The van der Waals surface area contributed by atoms with Crippen molar-refractivity contribution in [2.24, 2.45) is 22.9 Å². The van der Waals surface area contributed by atoms with E-state index in [1.54, 1.807) is 47.4 Å². The van der Waals surface area contributed by atoms with E-state index in [9.17, 15) is 30.4 Å². The van der Waals surface area contributed by atoms with E-state index in [-0.39, 0.29) is 73.6 Å². The molecule has 15 nitrogen and oxygen atoms in total. The Morgan fingerprint density at radius 3 is 2.31 bits per heavy atom. The minimum atomic E-state index is -1.59. The molecule has 0 bridgehead atoms. The summed E-state index contributed by atoms with van der Waals surface area (Å²) in [5, 5.41) is 50.3. The quantitative estimate of drug-likeness (QED) is 0.0233. The maximum Gasteiger partial charge on any atom is 0.273 e. The highest BCUT2D eigenvalue weighted by atomic mass is 16.7. The lowest BCUT2D eigenvalue weighted by molar-refractivity contribution is -0.385. The Balaban J connectivity index is 1.37. The number of benzene rings is 5. The number of non-ortho nitro benzene ring substituents is 2. The van der Waals surface area contributed by atoms with Gasteiger partial charge in [0, 0.05) is 61.9 Å². The summed E-state index contributed by atoms with van der Waals surface area (Å²) in [6.07, 6.45) is 11.3. The van der Waals surface area contributed by atoms with Crippen molar-refractivity contribution in [1.82, 2.24) is 4.90 Å². The van der Waals surface area contributed by atoms with Crippen molar-refractivity contribution >= 4 is 39.8 Å². The fourth-order valence-electron chi connectivity index (χ4n) is 10.6. The van der Waals surface area contributed by atoms with E-state index < -0.39 is 33.2 Å². The van der Waals surface area contributed by atoms with E-state index in [0.717, 1.165) is 40.3 Å². The summed E-state index contributed by atoms with van der Waals surface area (Å²) in [6, 6.07) is 30.6. The number of carbonyl (C=O) groups excluding carboxylic acids is 1. The van der Waals surface area contributed by atoms with Crippen LogP contribution >= 0.6 is 0 Å². The van der Waals surface area contributed by atoms with Crippen LogP contribution in [0.1, 0.15) is 88.3 Å². The second-order valence-corrected chi connectivity index (χ2v) is 19.6. The van der Waals surface area contributed by atoms with E-state index in [0.29, 0.717) is 48.5 Å². The SMILES string of the molecule is C=CCOC12Oc3ccc(Oc4cccc([N+](=O)[O-])c4)cc3C3C(CCCCO)C(CCCCO)C=C(C(=NOC(C)(C)C)CC1N(Cc1cccc4ccccc14)C(=O)C=Cc1ccc([N+](=O)[O-])cc1)C32. The van der Waals surface area contributed by atoms with Gasteiger partial charge in [0.1, 0.15) is 28.9 Å². The van der Waals surface area contributed by atoms with Gasteiger partial charge in [-0.2, -0.15) is 0 Å². The molecular weight excluding hydrogens is 917 g/mol. The Kier molecular flexibility index (Phi) is 16.0. The maximum atomic E-state index is 15.5. The predicted molar refractivity (Wildman–Crippen MR) is 276 cm³/mol. The zero-order chi connectivity index (χ0) is 51.0. The number of aliphatic hydroxyl groups excluding tert-OH is 2. The van der Waals surface area contributed by atoms with Gasteiger partial charge in [-0.25, -0.2) is 0 Å². The summed E-state index contributed by atoms with van der Waals surface area (Å²) in [7, 11) is 0. The number of rotatable bonds is 21. The van der Waals surface area contributed by atoms with Gasteiger partial charge >= 0.3 is 0 Å². The summed E-state index contributed by atoms with van der Waals surface area (Å²) in [4.78, 5) is 45.9. The Labute approximate surface area is 419 Å². The molecule has 1 heterocycles. The van der Waals surface area contributed by atoms with Crippen molar-refractivity contribution in [2.75, 3.05) is 19.8 Å². The number of hydrogen-bond donors (Lipinski definition) is 2. The number of allylic oxidation sites excluding steroid dienone is 1. The molecular formula is C57H62N4O11. The molecule has 15 heteroatoms. The lowest BCUT2D eigenvalue weighted by Crippen LogP contribution is -2.70. The van der Waals surface area contributed by atoms with Crippen LogP contribution in [0.25, 0.3) is 16.8 Å². The second-order valence-electron chi connectivity index (χ2n) is 19.6. The first-order valence-electron chi connectivity index (χ1n) is 24.6. The molecule has 0 aromatic heterocycles. The van der Waals surface area contributed by atoms with Gasteiger partial charge in [0.25, 0.3) is 11.4 Å². The standard InChI is InChI=1S/C57H62N4O11/c1-5-32-69-57-52(59(37-41-17-12-16-39-14-6-7-20-46(39)41)53(64)29-24-38-22-25-42(26-23-38)60(65)66)36-50(58-72-56(2,3)4)48-33-40(15-8-10-30-62)47(21-9-11-31-63)54(55(48)57)49-35-45(27-28-51(49)71-57)70-44-19-13-18-43(34-44)61(67)68/h5-7,12-14,16-20,22-29,33-35,40,47,52,54-55,62-63H,1,8-11,15,21,30-32,36-37H2,2-4H3. The van der Waals surface area contributed by atoms with Crippen LogP contribution in [0.2, 0.25) is 0 Å². The van der Waals surface area contributed by atoms with Crippen LogP contribution < -0.4 is 9.47 Å². The molecule has 2 aliphatic carbocycles. The minimum Gasteiger partial charge on any atom is -0.459 e. The zero-order valence-corrected chi connectivity index (χ0v) is 40.9. The van der Waals surface area contributed by atoms with E-state index in [1.807, 2.05) is 75.4 Å². The zero-order valence-electron chi connectivity index (χ0n) is 40.9. The summed E-state index contributed by atoms with van der Waals surface area (Å²) < 4.78 is 21.1. The lowest BCUT2D eigenvalue weighted by atomic mass is 9.55. The van der Waals surface area contributed by atoms with Crippen molar-refractivity contribution in [3.05, 3.63) is 176 Å². The van der Waals surface area contributed by atoms with E-state index in [1.165, 1.54) is 30.3 Å². The molecule has 6 atom stereocenters. The van der Waals surface area contributed by atoms with Crippen molar-refractivity contribution in [1.29, 1.82) is 0 Å². The van der Waals surface area contributed by atoms with Gasteiger partial charge in [-0.1, -0.05) is 78.7 Å². The number of aliphatic hydroxyl groups is 2. The Bertz CT molecular complexity index is 2870. The van der Waals surface area contributed by atoms with Crippen LogP contribution in [0.4, 0.5) is 11.4 Å². The number of nitrogens with zero attached hydrogens (tertiary/aromatic N) is 4. The monoisotopic (exact) mass is 978 g/mol. The average molecular weight is 979 g/mol. The van der Waals surface area contributed by atoms with Gasteiger partial charge in [0.15, 0.2) is 0 Å². The lowest BCUT2D eigenvalue weighted by Gasteiger charge is -2.60. The van der Waals surface area contributed by atoms with Gasteiger partial charge in [0.2, 0.25) is 11.7 Å². The molecule has 0 saturated heterocycles. The average Bonchev–Trinajstić information content (AvgIpc) is 3.37. The molecule has 3 aliphatic rings. The summed E-state index contributed by atoms with van der Waals surface area (Å²) in [5.41, 5.74) is 2.87. The fourth-order valence-corrected chi connectivity index (χ4v) is 10.6. The van der Waals surface area contributed by atoms with Crippen molar-refractivity contribution in [2.45, 2.75) is 95.6 Å². The van der Waals surface area contributed by atoms with Crippen molar-refractivity contribution in [3.63, 3.8) is 0 Å². The molecule has 72 heavy (non-hydrogen) atoms. The highest BCUT2D eigenvalue weighted by Gasteiger charge is 2.65. The van der Waals surface area contributed by atoms with Gasteiger partial charge < -0.3 is 34.2 Å². The van der Waals surface area contributed by atoms with Crippen LogP contribution in [-0.2, 0) is 20.9 Å². The Morgan fingerprint density at radius 2 is 1.58 bits per heavy atom. The molecule has 1 amide bonds. The maximum absolute atomic E-state index is 15.5. The van der Waals surface area contributed by atoms with Crippen LogP contribution in [-0.4, -0.2) is 73.8 Å². The number of amides is 1. The molecule has 0 radical (unpaired) electrons. The largest absolute Gasteiger partial charge is 0.459 e. The predicted octanol–water partition coefficient (Wildman–Crippen LogP) is 11.6. The summed E-state index contributed by atoms with van der Waals surface area (Å²) >= 11 is 0. The third-order valence-corrected chi connectivity index (χ3v) is 13.7. The van der Waals surface area contributed by atoms with Crippen molar-refractivity contribution in [3.8, 4) is 17.2 Å². The molecule has 8 rings (SSSR count). The first-order chi connectivity index (χ1) is 34.7.